The van der Waals surface area contributed by atoms with E-state index in [-0.39, 0.29) is 0 Å². The van der Waals surface area contributed by atoms with Crippen molar-refractivity contribution >= 4 is 10.9 Å². The molecule has 0 atom stereocenters. The number of ether oxygens (including phenoxy) is 2. The van der Waals surface area contributed by atoms with Gasteiger partial charge in [-0.2, -0.15) is 5.10 Å². The molecule has 0 saturated carbocycles. The van der Waals surface area contributed by atoms with Crippen molar-refractivity contribution in [2.45, 2.75) is 0 Å². The van der Waals surface area contributed by atoms with E-state index in [0.29, 0.717) is 17.3 Å². The van der Waals surface area contributed by atoms with Crippen molar-refractivity contribution in [2.24, 2.45) is 0 Å². The average Bonchev–Trinajstić information content (AvgIpc) is 3.28. The quantitative estimate of drug-likeness (QED) is 0.602. The number of rotatable bonds is 4. The fraction of sp³-hybridized carbons (Fsp3) is 0.111. The number of benzene rings is 2. The average molecular weight is 320 g/mol. The summed E-state index contributed by atoms with van der Waals surface area (Å²) in [7, 11) is 3.26. The fourth-order valence-corrected chi connectivity index (χ4v) is 2.93. The molecule has 4 rings (SSSR count). The van der Waals surface area contributed by atoms with E-state index in [1.165, 1.54) is 6.33 Å². The van der Waals surface area contributed by atoms with Crippen LogP contribution in [0.15, 0.2) is 48.8 Å². The number of aromatic amines is 2. The molecular weight excluding hydrogens is 304 g/mol. The molecular formula is C18H16N4O2. The van der Waals surface area contributed by atoms with Crippen molar-refractivity contribution in [2.75, 3.05) is 14.2 Å². The molecule has 0 saturated heterocycles. The van der Waals surface area contributed by atoms with Crippen molar-refractivity contribution in [1.82, 2.24) is 20.2 Å². The highest BCUT2D eigenvalue weighted by molar-refractivity contribution is 6.04. The van der Waals surface area contributed by atoms with Gasteiger partial charge in [0.2, 0.25) is 0 Å². The number of H-pyrrole nitrogens is 2. The van der Waals surface area contributed by atoms with Crippen molar-refractivity contribution in [1.29, 1.82) is 0 Å². The number of hydrogen-bond donors (Lipinski definition) is 2. The first-order chi connectivity index (χ1) is 11.8. The topological polar surface area (TPSA) is 75.8 Å². The highest BCUT2D eigenvalue weighted by Gasteiger charge is 2.19. The highest BCUT2D eigenvalue weighted by Crippen LogP contribution is 2.41. The summed E-state index contributed by atoms with van der Waals surface area (Å²) >= 11 is 0. The molecule has 2 heterocycles. The molecule has 0 unspecified atom stereocenters. The van der Waals surface area contributed by atoms with Gasteiger partial charge in [0.05, 0.1) is 25.4 Å². The van der Waals surface area contributed by atoms with Crippen LogP contribution < -0.4 is 9.47 Å². The van der Waals surface area contributed by atoms with Crippen LogP contribution in [0.2, 0.25) is 0 Å². The third kappa shape index (κ3) is 2.20. The minimum atomic E-state index is 0.676. The van der Waals surface area contributed by atoms with Gasteiger partial charge in [-0.05, 0) is 11.6 Å². The molecule has 0 aliphatic rings. The number of nitrogens with one attached hydrogen (secondary N) is 2. The number of aromatic nitrogens is 4. The normalized spacial score (nSPS) is 10.9. The van der Waals surface area contributed by atoms with Gasteiger partial charge < -0.3 is 14.5 Å². The number of fused-ring (bicyclic) bond motifs is 1. The summed E-state index contributed by atoms with van der Waals surface area (Å²) < 4.78 is 10.9. The molecule has 0 radical (unpaired) electrons. The first-order valence-corrected chi connectivity index (χ1v) is 7.50. The Morgan fingerprint density at radius 3 is 2.38 bits per heavy atom. The molecule has 2 N–H and O–H groups in total. The van der Waals surface area contributed by atoms with E-state index in [0.717, 1.165) is 27.7 Å². The summed E-state index contributed by atoms with van der Waals surface area (Å²) in [6.07, 6.45) is 1.50. The molecule has 2 aromatic carbocycles. The summed E-state index contributed by atoms with van der Waals surface area (Å²) in [6.45, 7) is 0. The van der Waals surface area contributed by atoms with E-state index in [2.05, 4.69) is 32.3 Å². The van der Waals surface area contributed by atoms with Crippen molar-refractivity contribution in [3.63, 3.8) is 0 Å². The maximum Gasteiger partial charge on any atom is 0.172 e. The van der Waals surface area contributed by atoms with E-state index in [1.807, 2.05) is 30.3 Å². The molecule has 120 valence electrons. The van der Waals surface area contributed by atoms with Crippen LogP contribution in [-0.4, -0.2) is 34.4 Å². The van der Waals surface area contributed by atoms with Gasteiger partial charge in [0.15, 0.2) is 17.3 Å². The fourth-order valence-electron chi connectivity index (χ4n) is 2.93. The predicted molar refractivity (Wildman–Crippen MR) is 92.2 cm³/mol. The lowest BCUT2D eigenvalue weighted by atomic mass is 10.0. The zero-order chi connectivity index (χ0) is 16.5. The maximum absolute atomic E-state index is 5.46. The van der Waals surface area contributed by atoms with Gasteiger partial charge >= 0.3 is 0 Å². The lowest BCUT2D eigenvalue weighted by Gasteiger charge is -2.08. The van der Waals surface area contributed by atoms with Crippen LogP contribution in [0.25, 0.3) is 33.5 Å². The Hall–Kier alpha value is -3.28. The van der Waals surface area contributed by atoms with Crippen LogP contribution in [0, 0.1) is 0 Å². The molecule has 0 bridgehead atoms. The lowest BCUT2D eigenvalue weighted by Crippen LogP contribution is -1.90. The van der Waals surface area contributed by atoms with E-state index in [9.17, 15) is 0 Å². The summed E-state index contributed by atoms with van der Waals surface area (Å²) in [5.74, 6) is 2.04. The maximum atomic E-state index is 5.46. The zero-order valence-electron chi connectivity index (χ0n) is 13.3. The zero-order valence-corrected chi connectivity index (χ0v) is 13.3. The van der Waals surface area contributed by atoms with Gasteiger partial charge in [-0.3, -0.25) is 5.10 Å². The first kappa shape index (κ1) is 14.3. The van der Waals surface area contributed by atoms with Gasteiger partial charge in [0.25, 0.3) is 0 Å². The standard InChI is InChI=1S/C18H16N4O2/c1-23-14-8-12-13(9-15(14)24-2)21-17(18-19-10-20-22-18)16(12)11-6-4-3-5-7-11/h3-10,21H,1-2H3,(H,19,20,22). The van der Waals surface area contributed by atoms with Gasteiger partial charge in [-0.1, -0.05) is 30.3 Å². The predicted octanol–water partition coefficient (Wildman–Crippen LogP) is 3.64. The third-order valence-corrected chi connectivity index (χ3v) is 4.02. The Morgan fingerprint density at radius 1 is 0.958 bits per heavy atom. The minimum Gasteiger partial charge on any atom is -0.493 e. The van der Waals surface area contributed by atoms with Crippen LogP contribution >= 0.6 is 0 Å². The summed E-state index contributed by atoms with van der Waals surface area (Å²) in [5.41, 5.74) is 3.95. The molecule has 2 aromatic heterocycles. The number of methoxy groups -OCH3 is 2. The second-order valence-electron chi connectivity index (χ2n) is 5.33. The number of hydrogen-bond acceptors (Lipinski definition) is 4. The molecule has 24 heavy (non-hydrogen) atoms. The van der Waals surface area contributed by atoms with Gasteiger partial charge in [0, 0.05) is 17.0 Å². The monoisotopic (exact) mass is 320 g/mol. The second kappa shape index (κ2) is 5.73. The van der Waals surface area contributed by atoms with Crippen LogP contribution in [-0.2, 0) is 0 Å². The van der Waals surface area contributed by atoms with Crippen molar-refractivity contribution in [3.05, 3.63) is 48.8 Å². The molecule has 0 spiro atoms. The highest BCUT2D eigenvalue weighted by atomic mass is 16.5. The molecule has 0 aliphatic carbocycles. The molecule has 0 aliphatic heterocycles. The summed E-state index contributed by atoms with van der Waals surface area (Å²) in [6, 6.07) is 14.1. The van der Waals surface area contributed by atoms with E-state index < -0.39 is 0 Å². The Balaban J connectivity index is 2.07. The van der Waals surface area contributed by atoms with Crippen molar-refractivity contribution in [3.8, 4) is 34.1 Å². The molecule has 0 fully saturated rings. The minimum absolute atomic E-state index is 0.676. The molecule has 6 nitrogen and oxygen atoms in total. The Labute approximate surface area is 138 Å². The third-order valence-electron chi connectivity index (χ3n) is 4.02. The van der Waals surface area contributed by atoms with E-state index in [4.69, 9.17) is 9.47 Å². The second-order valence-corrected chi connectivity index (χ2v) is 5.33. The number of nitrogens with zero attached hydrogens (tertiary/aromatic N) is 2. The van der Waals surface area contributed by atoms with Crippen LogP contribution in [0.5, 0.6) is 11.5 Å². The first-order valence-electron chi connectivity index (χ1n) is 7.50. The molecule has 4 aromatic rings. The Morgan fingerprint density at radius 2 is 1.71 bits per heavy atom. The largest absolute Gasteiger partial charge is 0.493 e. The SMILES string of the molecule is COc1cc2[nH]c(-c3ncn[nH]3)c(-c3ccccc3)c2cc1OC. The smallest absolute Gasteiger partial charge is 0.172 e. The van der Waals surface area contributed by atoms with E-state index >= 15 is 0 Å². The summed E-state index contributed by atoms with van der Waals surface area (Å²) in [5, 5.41) is 7.93. The van der Waals surface area contributed by atoms with Crippen molar-refractivity contribution < 1.29 is 9.47 Å². The summed E-state index contributed by atoms with van der Waals surface area (Å²) in [4.78, 5) is 7.71. The Bertz CT molecular complexity index is 975. The van der Waals surface area contributed by atoms with Gasteiger partial charge in [0.1, 0.15) is 6.33 Å². The molecule has 0 amide bonds. The van der Waals surface area contributed by atoms with Crippen LogP contribution in [0.4, 0.5) is 0 Å². The lowest BCUT2D eigenvalue weighted by molar-refractivity contribution is 0.356. The molecule has 6 heteroatoms. The van der Waals surface area contributed by atoms with E-state index in [1.54, 1.807) is 14.2 Å². The van der Waals surface area contributed by atoms with Gasteiger partial charge in [-0.15, -0.1) is 0 Å². The van der Waals surface area contributed by atoms with Crippen LogP contribution in [0.3, 0.4) is 0 Å². The van der Waals surface area contributed by atoms with Gasteiger partial charge in [-0.25, -0.2) is 4.98 Å². The van der Waals surface area contributed by atoms with Crippen LogP contribution in [0.1, 0.15) is 0 Å². The Kier molecular flexibility index (Phi) is 3.42.